The maximum atomic E-state index is 11.7. The van der Waals surface area contributed by atoms with E-state index in [0.717, 1.165) is 61.6 Å². The van der Waals surface area contributed by atoms with Gasteiger partial charge in [-0.05, 0) is 79.5 Å². The molecule has 2 aromatic heterocycles. The Bertz CT molecular complexity index is 1710. The molecule has 4 aromatic rings. The number of rotatable bonds is 10. The number of pyridine rings is 2. The van der Waals surface area contributed by atoms with Crippen molar-refractivity contribution in [3.63, 3.8) is 0 Å². The first kappa shape index (κ1) is 39.3. The van der Waals surface area contributed by atoms with Gasteiger partial charge < -0.3 is 5.11 Å². The fraction of sp³-hybridized carbons (Fsp3) is 0.465. The first-order chi connectivity index (χ1) is 22.4. The van der Waals surface area contributed by atoms with Gasteiger partial charge in [0.1, 0.15) is 0 Å². The normalized spacial score (nSPS) is 12.8. The molecule has 0 atom stereocenters. The van der Waals surface area contributed by atoms with E-state index in [4.69, 9.17) is 9.97 Å². The standard InChI is InChI=1S/C30H31N2.C13H24O2.Ir/c1-19(2)16-22-10-11-25-24-14-15-31-29(26(24)12-13-28(25)32-22)21-17-20-8-6-7-9-23(20)27(18-21)30(3,4)5;1-5-10(6-2)12(14)9-13(15)11(7-3)8-4;/h6-11,14-15,18-19H,12-13,16H2,1-5H3;9-11,14H,5-8H2,1-4H3;/q-1;;/b;12-9-;. The molecule has 0 saturated carbocycles. The number of aromatic nitrogens is 2. The minimum absolute atomic E-state index is 0. The van der Waals surface area contributed by atoms with Crippen molar-refractivity contribution < 1.29 is 30.0 Å². The van der Waals surface area contributed by atoms with Crippen LogP contribution in [0.4, 0.5) is 0 Å². The number of nitrogens with zero attached hydrogens (tertiary/aromatic N) is 2. The Hall–Kier alpha value is -3.14. The van der Waals surface area contributed by atoms with E-state index < -0.39 is 0 Å². The third-order valence-corrected chi connectivity index (χ3v) is 9.53. The van der Waals surface area contributed by atoms with Crippen molar-refractivity contribution in [1.29, 1.82) is 0 Å². The summed E-state index contributed by atoms with van der Waals surface area (Å²) in [5, 5.41) is 12.2. The van der Waals surface area contributed by atoms with Crippen LogP contribution in [-0.2, 0) is 49.6 Å². The fourth-order valence-electron chi connectivity index (χ4n) is 6.75. The number of aliphatic hydroxyl groups excluding tert-OH is 1. The van der Waals surface area contributed by atoms with E-state index in [2.05, 4.69) is 89.2 Å². The van der Waals surface area contributed by atoms with E-state index in [0.29, 0.717) is 5.92 Å². The maximum Gasteiger partial charge on any atom is 0.162 e. The summed E-state index contributed by atoms with van der Waals surface area (Å²) in [6, 6.07) is 21.2. The van der Waals surface area contributed by atoms with Crippen LogP contribution in [0.15, 0.2) is 66.6 Å². The minimum Gasteiger partial charge on any atom is -0.512 e. The van der Waals surface area contributed by atoms with Gasteiger partial charge in [-0.3, -0.25) is 14.8 Å². The third-order valence-electron chi connectivity index (χ3n) is 9.53. The van der Waals surface area contributed by atoms with E-state index >= 15 is 0 Å². The Balaban J connectivity index is 0.000000334. The Morgan fingerprint density at radius 1 is 0.917 bits per heavy atom. The van der Waals surface area contributed by atoms with Gasteiger partial charge >= 0.3 is 0 Å². The van der Waals surface area contributed by atoms with Gasteiger partial charge in [0.25, 0.3) is 0 Å². The van der Waals surface area contributed by atoms with Gasteiger partial charge in [-0.2, -0.15) is 0 Å². The zero-order valence-electron chi connectivity index (χ0n) is 30.5. The largest absolute Gasteiger partial charge is 0.512 e. The minimum atomic E-state index is 0. The van der Waals surface area contributed by atoms with Crippen molar-refractivity contribution in [2.45, 2.75) is 113 Å². The van der Waals surface area contributed by atoms with Gasteiger partial charge in [-0.15, -0.1) is 29.1 Å². The van der Waals surface area contributed by atoms with Crippen LogP contribution in [0, 0.1) is 23.8 Å². The quantitative estimate of drug-likeness (QED) is 0.0983. The molecule has 1 N–H and O–H groups in total. The molecule has 0 saturated heterocycles. The van der Waals surface area contributed by atoms with Gasteiger partial charge in [-0.25, -0.2) is 0 Å². The molecule has 4 nitrogen and oxygen atoms in total. The number of carbonyl (C=O) groups excluding carboxylic acids is 1. The predicted molar refractivity (Wildman–Crippen MR) is 198 cm³/mol. The van der Waals surface area contributed by atoms with Crippen molar-refractivity contribution >= 4 is 16.6 Å². The van der Waals surface area contributed by atoms with E-state index in [1.807, 2.05) is 33.9 Å². The molecule has 2 aromatic carbocycles. The molecule has 1 aliphatic carbocycles. The van der Waals surface area contributed by atoms with Crippen LogP contribution in [0.5, 0.6) is 0 Å². The second-order valence-corrected chi connectivity index (χ2v) is 14.5. The van der Waals surface area contributed by atoms with E-state index in [1.165, 1.54) is 45.1 Å². The molecule has 2 heterocycles. The van der Waals surface area contributed by atoms with Gasteiger partial charge in [-0.1, -0.05) is 97.5 Å². The van der Waals surface area contributed by atoms with Crippen molar-refractivity contribution in [1.82, 2.24) is 9.97 Å². The number of hydrogen-bond acceptors (Lipinski definition) is 4. The fourth-order valence-corrected chi connectivity index (χ4v) is 6.75. The maximum absolute atomic E-state index is 11.7. The van der Waals surface area contributed by atoms with E-state index in [1.54, 1.807) is 0 Å². The second-order valence-electron chi connectivity index (χ2n) is 14.5. The second kappa shape index (κ2) is 17.5. The topological polar surface area (TPSA) is 63.1 Å². The molecule has 48 heavy (non-hydrogen) atoms. The van der Waals surface area contributed by atoms with Gasteiger partial charge in [0, 0.05) is 66.9 Å². The summed E-state index contributed by atoms with van der Waals surface area (Å²) in [6.07, 6.45) is 9.82. The molecule has 0 amide bonds. The number of ketones is 1. The Labute approximate surface area is 303 Å². The average Bonchev–Trinajstić information content (AvgIpc) is 3.04. The van der Waals surface area contributed by atoms with Crippen LogP contribution in [0.1, 0.15) is 111 Å². The Morgan fingerprint density at radius 2 is 1.58 bits per heavy atom. The summed E-state index contributed by atoms with van der Waals surface area (Å²) in [5.41, 5.74) is 9.84. The summed E-state index contributed by atoms with van der Waals surface area (Å²) < 4.78 is 0. The number of carbonyl (C=O) groups is 1. The van der Waals surface area contributed by atoms with Crippen LogP contribution in [0.2, 0.25) is 0 Å². The Morgan fingerprint density at radius 3 is 2.21 bits per heavy atom. The summed E-state index contributed by atoms with van der Waals surface area (Å²) in [4.78, 5) is 21.6. The monoisotopic (exact) mass is 824 g/mol. The van der Waals surface area contributed by atoms with Crippen molar-refractivity contribution in [2.24, 2.45) is 17.8 Å². The SMILES string of the molecule is CC(C)Cc1ccc2c(n1)CCc1c-2ccnc1-c1[c-]c2ccccc2c(C(C)(C)C)c1.CCC(CC)C(=O)/C=C(\O)C(CC)CC.[Ir]. The molecule has 1 radical (unpaired) electrons. The van der Waals surface area contributed by atoms with Gasteiger partial charge in [0.15, 0.2) is 5.78 Å². The molecule has 5 rings (SSSR count). The van der Waals surface area contributed by atoms with Crippen LogP contribution in [0.3, 0.4) is 0 Å². The zero-order chi connectivity index (χ0) is 34.3. The molecule has 1 aliphatic rings. The Kier molecular flexibility index (Phi) is 14.3. The van der Waals surface area contributed by atoms with Crippen LogP contribution in [-0.4, -0.2) is 20.9 Å². The van der Waals surface area contributed by atoms with E-state index in [-0.39, 0.29) is 48.9 Å². The van der Waals surface area contributed by atoms with Crippen LogP contribution >= 0.6 is 0 Å². The first-order valence-corrected chi connectivity index (χ1v) is 17.8. The summed E-state index contributed by atoms with van der Waals surface area (Å²) >= 11 is 0. The number of aryl methyl sites for hydroxylation is 1. The third kappa shape index (κ3) is 9.30. The summed E-state index contributed by atoms with van der Waals surface area (Å²) in [5.74, 6) is 1.17. The van der Waals surface area contributed by atoms with Crippen LogP contribution in [0.25, 0.3) is 33.2 Å². The number of allylic oxidation sites excluding steroid dienone is 2. The number of fused-ring (bicyclic) bond motifs is 4. The molecule has 0 aliphatic heterocycles. The average molecular weight is 824 g/mol. The summed E-state index contributed by atoms with van der Waals surface area (Å²) in [7, 11) is 0. The molecule has 0 unspecified atom stereocenters. The number of benzene rings is 2. The number of aliphatic hydroxyl groups is 1. The smallest absolute Gasteiger partial charge is 0.162 e. The molecule has 0 bridgehead atoms. The van der Waals surface area contributed by atoms with Crippen molar-refractivity contribution in [2.75, 3.05) is 0 Å². The molecular formula is C43H55IrN2O2-. The molecular weight excluding hydrogens is 769 g/mol. The van der Waals surface area contributed by atoms with Crippen LogP contribution < -0.4 is 0 Å². The summed E-state index contributed by atoms with van der Waals surface area (Å²) in [6.45, 7) is 19.4. The zero-order valence-corrected chi connectivity index (χ0v) is 32.9. The molecule has 0 fully saturated rings. The molecule has 259 valence electrons. The van der Waals surface area contributed by atoms with Gasteiger partial charge in [0.05, 0.1) is 5.76 Å². The number of hydrogen-bond donors (Lipinski definition) is 1. The van der Waals surface area contributed by atoms with Crippen molar-refractivity contribution in [3.8, 4) is 22.4 Å². The van der Waals surface area contributed by atoms with Gasteiger partial charge in [0.2, 0.25) is 0 Å². The molecule has 0 spiro atoms. The van der Waals surface area contributed by atoms with Crippen molar-refractivity contribution in [3.05, 3.63) is 95.1 Å². The molecule has 5 heteroatoms. The van der Waals surface area contributed by atoms with E-state index in [9.17, 15) is 9.90 Å². The predicted octanol–water partition coefficient (Wildman–Crippen LogP) is 11.2. The first-order valence-electron chi connectivity index (χ1n) is 17.8.